The molecule has 1 fully saturated rings. The highest BCUT2D eigenvalue weighted by Crippen LogP contribution is 2.18. The van der Waals surface area contributed by atoms with Gasteiger partial charge in [0.25, 0.3) is 0 Å². The van der Waals surface area contributed by atoms with Crippen molar-refractivity contribution in [1.29, 1.82) is 0 Å². The first-order valence-corrected chi connectivity index (χ1v) is 6.06. The van der Waals surface area contributed by atoms with E-state index >= 15 is 0 Å². The summed E-state index contributed by atoms with van der Waals surface area (Å²) in [5.41, 5.74) is 0. The van der Waals surface area contributed by atoms with Gasteiger partial charge in [-0.1, -0.05) is 0 Å². The van der Waals surface area contributed by atoms with Gasteiger partial charge in [0.15, 0.2) is 0 Å². The van der Waals surface area contributed by atoms with Crippen molar-refractivity contribution in [3.63, 3.8) is 0 Å². The predicted octanol–water partition coefficient (Wildman–Crippen LogP) is 0.350. The number of esters is 1. The van der Waals surface area contributed by atoms with Crippen LogP contribution < -0.4 is 0 Å². The summed E-state index contributed by atoms with van der Waals surface area (Å²) >= 11 is 0. The summed E-state index contributed by atoms with van der Waals surface area (Å²) in [6.45, 7) is 2.86. The third kappa shape index (κ3) is 4.34. The quantitative estimate of drug-likeness (QED) is 0.529. The highest BCUT2D eigenvalue weighted by Gasteiger charge is 2.22. The van der Waals surface area contributed by atoms with Crippen LogP contribution in [0.25, 0.3) is 0 Å². The minimum absolute atomic E-state index is 0.559. The van der Waals surface area contributed by atoms with Crippen LogP contribution in [0.4, 0.5) is 0 Å². The van der Waals surface area contributed by atoms with E-state index in [0.717, 1.165) is 19.5 Å². The van der Waals surface area contributed by atoms with Crippen molar-refractivity contribution in [2.75, 3.05) is 40.8 Å². The molecule has 1 unspecified atom stereocenters. The molecule has 1 rings (SSSR count). The molecular weight excluding hydrogens is 220 g/mol. The molecule has 1 heterocycles. The van der Waals surface area contributed by atoms with Crippen LogP contribution in [0.3, 0.4) is 0 Å². The first kappa shape index (κ1) is 14.0. The topological polar surface area (TPSA) is 49.9 Å². The van der Waals surface area contributed by atoms with Crippen LogP contribution in [-0.2, 0) is 14.3 Å². The monoisotopic (exact) mass is 242 g/mol. The van der Waals surface area contributed by atoms with Gasteiger partial charge in [0.1, 0.15) is 0 Å². The second-order valence-electron chi connectivity index (χ2n) is 4.78. The van der Waals surface area contributed by atoms with Crippen LogP contribution in [0.1, 0.15) is 19.3 Å². The minimum Gasteiger partial charge on any atom is -0.462 e. The summed E-state index contributed by atoms with van der Waals surface area (Å²) in [6, 6.07) is 0. The number of hydrogen-bond acceptors (Lipinski definition) is 4. The molecule has 1 aliphatic rings. The van der Waals surface area contributed by atoms with Gasteiger partial charge in [-0.2, -0.15) is 0 Å². The lowest BCUT2D eigenvalue weighted by molar-refractivity contribution is -0.157. The SMILES string of the molecule is COC(=O)C(=O)N(C)CCC1CCCN(C)C1. The van der Waals surface area contributed by atoms with Crippen molar-refractivity contribution in [3.05, 3.63) is 0 Å². The summed E-state index contributed by atoms with van der Waals surface area (Å²) in [5, 5.41) is 0. The molecule has 1 amide bonds. The lowest BCUT2D eigenvalue weighted by atomic mass is 9.95. The molecular formula is C12H22N2O3. The van der Waals surface area contributed by atoms with Crippen LogP contribution in [0.15, 0.2) is 0 Å². The van der Waals surface area contributed by atoms with Crippen LogP contribution in [-0.4, -0.2) is 62.5 Å². The normalized spacial score (nSPS) is 21.0. The number of carbonyl (C=O) groups is 2. The number of carbonyl (C=O) groups excluding carboxylic acids is 2. The number of piperidine rings is 1. The standard InChI is InChI=1S/C12H22N2O3/c1-13-7-4-5-10(9-13)6-8-14(2)11(15)12(16)17-3/h10H,4-9H2,1-3H3. The molecule has 0 aliphatic carbocycles. The number of ether oxygens (including phenoxy) is 1. The maximum Gasteiger partial charge on any atom is 0.396 e. The van der Waals surface area contributed by atoms with E-state index in [4.69, 9.17) is 0 Å². The van der Waals surface area contributed by atoms with Crippen molar-refractivity contribution < 1.29 is 14.3 Å². The first-order valence-electron chi connectivity index (χ1n) is 6.06. The third-order valence-corrected chi connectivity index (χ3v) is 3.30. The fraction of sp³-hybridized carbons (Fsp3) is 0.833. The van der Waals surface area contributed by atoms with Crippen molar-refractivity contribution in [3.8, 4) is 0 Å². The Morgan fingerprint density at radius 3 is 2.76 bits per heavy atom. The number of likely N-dealkylation sites (tertiary alicyclic amines) is 1. The van der Waals surface area contributed by atoms with E-state index in [0.29, 0.717) is 12.5 Å². The van der Waals surface area contributed by atoms with E-state index in [1.54, 1.807) is 7.05 Å². The summed E-state index contributed by atoms with van der Waals surface area (Å²) < 4.78 is 4.40. The van der Waals surface area contributed by atoms with E-state index in [1.165, 1.54) is 24.9 Å². The van der Waals surface area contributed by atoms with Gasteiger partial charge in [-0.25, -0.2) is 4.79 Å². The zero-order valence-electron chi connectivity index (χ0n) is 10.9. The molecule has 1 aliphatic heterocycles. The van der Waals surface area contributed by atoms with Gasteiger partial charge in [-0.05, 0) is 38.8 Å². The zero-order chi connectivity index (χ0) is 12.8. The largest absolute Gasteiger partial charge is 0.462 e. The summed E-state index contributed by atoms with van der Waals surface area (Å²) in [5.74, 6) is -0.716. The molecule has 0 bridgehead atoms. The van der Waals surface area contributed by atoms with Gasteiger partial charge < -0.3 is 14.5 Å². The predicted molar refractivity (Wildman–Crippen MR) is 64.5 cm³/mol. The van der Waals surface area contributed by atoms with E-state index in [9.17, 15) is 9.59 Å². The third-order valence-electron chi connectivity index (χ3n) is 3.30. The zero-order valence-corrected chi connectivity index (χ0v) is 10.9. The average Bonchev–Trinajstić information content (AvgIpc) is 2.34. The number of likely N-dealkylation sites (N-methyl/N-ethyl adjacent to an activating group) is 1. The molecule has 1 saturated heterocycles. The van der Waals surface area contributed by atoms with Crippen LogP contribution in [0.2, 0.25) is 0 Å². The minimum atomic E-state index is -0.784. The molecule has 17 heavy (non-hydrogen) atoms. The Bertz CT molecular complexity index is 281. The van der Waals surface area contributed by atoms with Crippen LogP contribution in [0.5, 0.6) is 0 Å². The molecule has 0 aromatic carbocycles. The van der Waals surface area contributed by atoms with Crippen molar-refractivity contribution in [1.82, 2.24) is 9.80 Å². The van der Waals surface area contributed by atoms with E-state index in [1.807, 2.05) is 0 Å². The lowest BCUT2D eigenvalue weighted by Crippen LogP contribution is -2.38. The van der Waals surface area contributed by atoms with Gasteiger partial charge in [0.2, 0.25) is 0 Å². The van der Waals surface area contributed by atoms with Crippen LogP contribution in [0, 0.1) is 5.92 Å². The van der Waals surface area contributed by atoms with Gasteiger partial charge >= 0.3 is 11.9 Å². The summed E-state index contributed by atoms with van der Waals surface area (Å²) in [7, 11) is 4.99. The molecule has 0 radical (unpaired) electrons. The molecule has 0 N–H and O–H groups in total. The smallest absolute Gasteiger partial charge is 0.396 e. The van der Waals surface area contributed by atoms with Crippen LogP contribution >= 0.6 is 0 Å². The Balaban J connectivity index is 2.29. The molecule has 5 heteroatoms. The Kier molecular flexibility index (Phi) is 5.41. The molecule has 0 spiro atoms. The lowest BCUT2D eigenvalue weighted by Gasteiger charge is -2.30. The first-order chi connectivity index (χ1) is 8.04. The molecule has 0 aromatic rings. The molecule has 0 aromatic heterocycles. The number of methoxy groups -OCH3 is 1. The maximum absolute atomic E-state index is 11.5. The number of hydrogen-bond donors (Lipinski definition) is 0. The van der Waals surface area contributed by atoms with E-state index in [-0.39, 0.29) is 0 Å². The number of nitrogens with zero attached hydrogens (tertiary/aromatic N) is 2. The van der Waals surface area contributed by atoms with E-state index < -0.39 is 11.9 Å². The Morgan fingerprint density at radius 1 is 1.47 bits per heavy atom. The number of amides is 1. The Morgan fingerprint density at radius 2 is 2.18 bits per heavy atom. The Hall–Kier alpha value is -1.10. The van der Waals surface area contributed by atoms with Crippen molar-refractivity contribution in [2.45, 2.75) is 19.3 Å². The summed E-state index contributed by atoms with van der Waals surface area (Å²) in [4.78, 5) is 26.2. The average molecular weight is 242 g/mol. The van der Waals surface area contributed by atoms with Gasteiger partial charge in [0, 0.05) is 20.1 Å². The second-order valence-corrected chi connectivity index (χ2v) is 4.78. The Labute approximate surface area is 103 Å². The van der Waals surface area contributed by atoms with E-state index in [2.05, 4.69) is 16.7 Å². The molecule has 1 atom stereocenters. The fourth-order valence-electron chi connectivity index (χ4n) is 2.23. The highest BCUT2D eigenvalue weighted by atomic mass is 16.5. The van der Waals surface area contributed by atoms with Gasteiger partial charge in [0.05, 0.1) is 7.11 Å². The fourth-order valence-corrected chi connectivity index (χ4v) is 2.23. The van der Waals surface area contributed by atoms with Crippen molar-refractivity contribution in [2.24, 2.45) is 5.92 Å². The molecule has 5 nitrogen and oxygen atoms in total. The highest BCUT2D eigenvalue weighted by molar-refractivity contribution is 6.32. The van der Waals surface area contributed by atoms with Crippen molar-refractivity contribution >= 4 is 11.9 Å². The maximum atomic E-state index is 11.5. The molecule has 98 valence electrons. The van der Waals surface area contributed by atoms with Gasteiger partial charge in [-0.3, -0.25) is 4.79 Å². The summed E-state index contributed by atoms with van der Waals surface area (Å²) in [6.07, 6.45) is 3.38. The number of rotatable bonds is 3. The second kappa shape index (κ2) is 6.59. The molecule has 0 saturated carbocycles. The van der Waals surface area contributed by atoms with Gasteiger partial charge in [-0.15, -0.1) is 0 Å².